The first-order valence-electron chi connectivity index (χ1n) is 6.85. The van der Waals surface area contributed by atoms with E-state index in [4.69, 9.17) is 9.47 Å². The highest BCUT2D eigenvalue weighted by Crippen LogP contribution is 2.03. The normalized spacial score (nSPS) is 23.3. The quantitative estimate of drug-likeness (QED) is 0.680. The molecule has 0 amide bonds. The Hall–Kier alpha value is -0.160. The zero-order valence-corrected chi connectivity index (χ0v) is 11.4. The molecule has 1 aliphatic heterocycles. The Labute approximate surface area is 106 Å². The number of rotatable bonds is 7. The molecule has 1 heterocycles. The number of nitrogens with one attached hydrogen (secondary N) is 1. The van der Waals surface area contributed by atoms with Crippen molar-refractivity contribution in [3.63, 3.8) is 0 Å². The molecule has 102 valence electrons. The van der Waals surface area contributed by atoms with Crippen molar-refractivity contribution in [3.8, 4) is 0 Å². The number of hydrogen-bond acceptors (Lipinski definition) is 4. The summed E-state index contributed by atoms with van der Waals surface area (Å²) in [5.41, 5.74) is 0. The number of methoxy groups -OCH3 is 1. The minimum absolute atomic E-state index is 0.663. The van der Waals surface area contributed by atoms with Gasteiger partial charge in [-0.05, 0) is 45.8 Å². The van der Waals surface area contributed by atoms with Crippen molar-refractivity contribution in [1.82, 2.24) is 10.2 Å². The van der Waals surface area contributed by atoms with Gasteiger partial charge in [0.2, 0.25) is 0 Å². The molecule has 0 aliphatic carbocycles. The topological polar surface area (TPSA) is 33.7 Å². The molecule has 0 aromatic carbocycles. The van der Waals surface area contributed by atoms with Gasteiger partial charge in [0.15, 0.2) is 0 Å². The molecule has 0 bridgehead atoms. The molecule has 1 N–H and O–H groups in total. The van der Waals surface area contributed by atoms with Crippen LogP contribution in [0, 0.1) is 0 Å². The molecular weight excluding hydrogens is 216 g/mol. The maximum Gasteiger partial charge on any atom is 0.0700 e. The van der Waals surface area contributed by atoms with Crippen LogP contribution in [0.3, 0.4) is 0 Å². The van der Waals surface area contributed by atoms with E-state index in [1.807, 2.05) is 0 Å². The van der Waals surface area contributed by atoms with E-state index < -0.39 is 0 Å². The second-order valence-electron chi connectivity index (χ2n) is 4.80. The van der Waals surface area contributed by atoms with Gasteiger partial charge in [-0.2, -0.15) is 0 Å². The molecule has 0 aromatic heterocycles. The summed E-state index contributed by atoms with van der Waals surface area (Å²) in [6.07, 6.45) is 3.64. The van der Waals surface area contributed by atoms with Crippen LogP contribution in [0.5, 0.6) is 0 Å². The lowest BCUT2D eigenvalue weighted by molar-refractivity contribution is 0.0647. The third-order valence-electron chi connectivity index (χ3n) is 3.22. The van der Waals surface area contributed by atoms with Gasteiger partial charge in [-0.3, -0.25) is 0 Å². The van der Waals surface area contributed by atoms with E-state index in [2.05, 4.69) is 17.1 Å². The fourth-order valence-corrected chi connectivity index (χ4v) is 2.10. The molecule has 1 aliphatic rings. The predicted molar refractivity (Wildman–Crippen MR) is 70.5 cm³/mol. The molecule has 0 radical (unpaired) electrons. The summed E-state index contributed by atoms with van der Waals surface area (Å²) in [5, 5.41) is 3.53. The molecule has 0 spiro atoms. The number of nitrogens with zero attached hydrogens (tertiary/aromatic N) is 1. The van der Waals surface area contributed by atoms with Crippen LogP contribution in [0.25, 0.3) is 0 Å². The standard InChI is InChI=1S/C13H28N2O2/c1-13-5-9-15(7-3-6-14-13)8-4-10-17-12-11-16-2/h13-14H,3-12H2,1-2H3. The van der Waals surface area contributed by atoms with Crippen molar-refractivity contribution in [2.24, 2.45) is 0 Å². The summed E-state index contributed by atoms with van der Waals surface area (Å²) in [6, 6.07) is 0.663. The lowest BCUT2D eigenvalue weighted by Crippen LogP contribution is -2.39. The Balaban J connectivity index is 2.00. The van der Waals surface area contributed by atoms with E-state index in [9.17, 15) is 0 Å². The molecule has 1 rings (SSSR count). The van der Waals surface area contributed by atoms with Gasteiger partial charge in [-0.1, -0.05) is 0 Å². The minimum Gasteiger partial charge on any atom is -0.382 e. The Morgan fingerprint density at radius 1 is 1.24 bits per heavy atom. The zero-order valence-electron chi connectivity index (χ0n) is 11.4. The Bertz CT molecular complexity index is 179. The van der Waals surface area contributed by atoms with Gasteiger partial charge in [-0.15, -0.1) is 0 Å². The van der Waals surface area contributed by atoms with Crippen LogP contribution in [0.4, 0.5) is 0 Å². The van der Waals surface area contributed by atoms with Crippen LogP contribution < -0.4 is 5.32 Å². The molecule has 1 saturated heterocycles. The third kappa shape index (κ3) is 7.71. The van der Waals surface area contributed by atoms with Crippen LogP contribution in [0.15, 0.2) is 0 Å². The van der Waals surface area contributed by atoms with Gasteiger partial charge >= 0.3 is 0 Å². The van der Waals surface area contributed by atoms with Gasteiger partial charge in [0.1, 0.15) is 0 Å². The van der Waals surface area contributed by atoms with E-state index in [0.29, 0.717) is 12.6 Å². The summed E-state index contributed by atoms with van der Waals surface area (Å²) in [6.45, 7) is 9.31. The second kappa shape index (κ2) is 9.83. The largest absolute Gasteiger partial charge is 0.382 e. The highest BCUT2D eigenvalue weighted by atomic mass is 16.5. The molecule has 0 aromatic rings. The van der Waals surface area contributed by atoms with Crippen molar-refractivity contribution < 1.29 is 9.47 Å². The molecule has 4 nitrogen and oxygen atoms in total. The molecule has 1 atom stereocenters. The fraction of sp³-hybridized carbons (Fsp3) is 1.00. The maximum atomic E-state index is 5.48. The van der Waals surface area contributed by atoms with Gasteiger partial charge in [0, 0.05) is 26.3 Å². The average Bonchev–Trinajstić information content (AvgIpc) is 2.31. The van der Waals surface area contributed by atoms with Gasteiger partial charge < -0.3 is 19.7 Å². The molecule has 17 heavy (non-hydrogen) atoms. The van der Waals surface area contributed by atoms with Crippen molar-refractivity contribution in [2.45, 2.75) is 32.2 Å². The monoisotopic (exact) mass is 244 g/mol. The molecule has 4 heteroatoms. The highest BCUT2D eigenvalue weighted by Gasteiger charge is 2.10. The van der Waals surface area contributed by atoms with Crippen molar-refractivity contribution in [2.75, 3.05) is 53.1 Å². The van der Waals surface area contributed by atoms with Crippen LogP contribution in [-0.2, 0) is 9.47 Å². The molecular formula is C13H28N2O2. The van der Waals surface area contributed by atoms with Crippen LogP contribution >= 0.6 is 0 Å². The second-order valence-corrected chi connectivity index (χ2v) is 4.80. The van der Waals surface area contributed by atoms with Crippen LogP contribution in [0.1, 0.15) is 26.2 Å². The Morgan fingerprint density at radius 2 is 2.12 bits per heavy atom. The number of ether oxygens (including phenoxy) is 2. The van der Waals surface area contributed by atoms with Crippen molar-refractivity contribution in [1.29, 1.82) is 0 Å². The minimum atomic E-state index is 0.663. The van der Waals surface area contributed by atoms with Gasteiger partial charge in [0.05, 0.1) is 13.2 Å². The first kappa shape index (κ1) is 14.9. The summed E-state index contributed by atoms with van der Waals surface area (Å²) in [5.74, 6) is 0. The maximum absolute atomic E-state index is 5.48. The smallest absolute Gasteiger partial charge is 0.0700 e. The lowest BCUT2D eigenvalue weighted by atomic mass is 10.2. The van der Waals surface area contributed by atoms with Crippen molar-refractivity contribution >= 4 is 0 Å². The lowest BCUT2D eigenvalue weighted by Gasteiger charge is -2.27. The molecule has 0 saturated carbocycles. The SMILES string of the molecule is COCCOCCCN1CCCNC(C)CC1. The summed E-state index contributed by atoms with van der Waals surface area (Å²) in [7, 11) is 1.71. The first-order valence-corrected chi connectivity index (χ1v) is 6.85. The van der Waals surface area contributed by atoms with Gasteiger partial charge in [0.25, 0.3) is 0 Å². The van der Waals surface area contributed by atoms with E-state index in [1.165, 1.54) is 32.5 Å². The predicted octanol–water partition coefficient (Wildman–Crippen LogP) is 1.11. The van der Waals surface area contributed by atoms with E-state index >= 15 is 0 Å². The van der Waals surface area contributed by atoms with Crippen LogP contribution in [0.2, 0.25) is 0 Å². The summed E-state index contributed by atoms with van der Waals surface area (Å²) in [4.78, 5) is 2.57. The van der Waals surface area contributed by atoms with E-state index in [-0.39, 0.29) is 0 Å². The Kier molecular flexibility index (Phi) is 8.61. The zero-order chi connectivity index (χ0) is 12.3. The van der Waals surface area contributed by atoms with E-state index in [1.54, 1.807) is 7.11 Å². The average molecular weight is 244 g/mol. The summed E-state index contributed by atoms with van der Waals surface area (Å²) < 4.78 is 10.4. The molecule has 1 fully saturated rings. The van der Waals surface area contributed by atoms with E-state index in [0.717, 1.165) is 26.2 Å². The fourth-order valence-electron chi connectivity index (χ4n) is 2.10. The van der Waals surface area contributed by atoms with Crippen LogP contribution in [-0.4, -0.2) is 64.1 Å². The Morgan fingerprint density at radius 3 is 2.94 bits per heavy atom. The highest BCUT2D eigenvalue weighted by molar-refractivity contribution is 4.69. The third-order valence-corrected chi connectivity index (χ3v) is 3.22. The van der Waals surface area contributed by atoms with Crippen molar-refractivity contribution in [3.05, 3.63) is 0 Å². The van der Waals surface area contributed by atoms with Gasteiger partial charge in [-0.25, -0.2) is 0 Å². The number of hydrogen-bond donors (Lipinski definition) is 1. The summed E-state index contributed by atoms with van der Waals surface area (Å²) >= 11 is 0. The molecule has 1 unspecified atom stereocenters. The first-order chi connectivity index (χ1) is 8.33.